The first kappa shape index (κ1) is 8.43. The van der Waals surface area contributed by atoms with Gasteiger partial charge in [-0.2, -0.15) is 0 Å². The van der Waals surface area contributed by atoms with Gasteiger partial charge in [0.2, 0.25) is 0 Å². The number of hydrogen-bond donors (Lipinski definition) is 0. The molecule has 2 fully saturated rings. The Morgan fingerprint density at radius 3 is 3.25 bits per heavy atom. The van der Waals surface area contributed by atoms with Gasteiger partial charge in [-0.15, -0.1) is 0 Å². The number of methoxy groups -OCH3 is 1. The quantitative estimate of drug-likeness (QED) is 0.779. The highest BCUT2D eigenvalue weighted by Crippen LogP contribution is 2.55. The normalized spacial score (nSPS) is 40.5. The van der Waals surface area contributed by atoms with E-state index in [0.29, 0.717) is 18.2 Å². The summed E-state index contributed by atoms with van der Waals surface area (Å²) in [5.41, 5.74) is 2.55. The molecule has 0 amide bonds. The molecule has 4 rings (SSSR count). The molecule has 1 saturated carbocycles. The lowest BCUT2D eigenvalue weighted by Crippen LogP contribution is -2.59. The third-order valence-electron chi connectivity index (χ3n) is 5.94. The number of fused-ring (bicyclic) bond motifs is 1. The Bertz CT molecular complexity index is 661. The van der Waals surface area contributed by atoms with Crippen LogP contribution in [0.15, 0.2) is 18.2 Å². The zero-order valence-corrected chi connectivity index (χ0v) is 11.8. The van der Waals surface area contributed by atoms with Gasteiger partial charge >= 0.3 is 0 Å². The van der Waals surface area contributed by atoms with Crippen molar-refractivity contribution in [2.24, 2.45) is 5.92 Å². The lowest BCUT2D eigenvalue weighted by atomic mass is 9.52. The van der Waals surface area contributed by atoms with Gasteiger partial charge in [0.1, 0.15) is 5.75 Å². The molecule has 0 N–H and O–H groups in total. The summed E-state index contributed by atoms with van der Waals surface area (Å²) < 4.78 is 43.8. The molecule has 2 heteroatoms. The largest absolute Gasteiger partial charge is 0.497 e. The molecule has 3 aliphatic rings. The van der Waals surface area contributed by atoms with Gasteiger partial charge in [0, 0.05) is 15.6 Å². The SMILES string of the molecule is [2H]C([2H])Oc1ccc2c(c1)C13CCCC[C@@H]1[C@H](C2)N(C([2H])([2H])[2H])CC3. The van der Waals surface area contributed by atoms with Gasteiger partial charge in [-0.25, -0.2) is 0 Å². The second-order valence-electron chi connectivity index (χ2n) is 6.66. The van der Waals surface area contributed by atoms with E-state index in [1.807, 2.05) is 18.2 Å². The Hall–Kier alpha value is -1.02. The summed E-state index contributed by atoms with van der Waals surface area (Å²) >= 11 is 0. The number of benzene rings is 1. The molecular formula is C18H25NO. The van der Waals surface area contributed by atoms with Crippen molar-refractivity contribution in [3.8, 4) is 5.75 Å². The van der Waals surface area contributed by atoms with E-state index in [-0.39, 0.29) is 11.5 Å². The molecule has 20 heavy (non-hydrogen) atoms. The molecule has 0 spiro atoms. The first-order chi connectivity index (χ1) is 11.8. The van der Waals surface area contributed by atoms with E-state index < -0.39 is 14.0 Å². The molecule has 2 bridgehead atoms. The van der Waals surface area contributed by atoms with Gasteiger partial charge < -0.3 is 9.64 Å². The van der Waals surface area contributed by atoms with Crippen LogP contribution in [0.4, 0.5) is 0 Å². The Morgan fingerprint density at radius 1 is 1.35 bits per heavy atom. The Morgan fingerprint density at radius 2 is 2.35 bits per heavy atom. The highest BCUT2D eigenvalue weighted by atomic mass is 16.5. The molecular weight excluding hydrogens is 246 g/mol. The number of piperidine rings is 1. The number of likely N-dealkylation sites (tertiary alicyclic amines) is 1. The van der Waals surface area contributed by atoms with Crippen LogP contribution in [-0.2, 0) is 11.8 Å². The standard InChI is InChI=1S/C18H25NO/c1-19-10-9-18-8-4-3-5-15(18)17(19)11-13-6-7-14(20-2)12-16(13)18/h6-7,12,15,17H,3-5,8-11H2,1-2H3/t15-,17+,18?/m1/s1/i1D3,2D2. The monoisotopic (exact) mass is 276 g/mol. The zero-order valence-electron chi connectivity index (χ0n) is 16.8. The van der Waals surface area contributed by atoms with Crippen molar-refractivity contribution in [2.45, 2.75) is 50.0 Å². The molecule has 108 valence electrons. The topological polar surface area (TPSA) is 12.5 Å². The summed E-state index contributed by atoms with van der Waals surface area (Å²) in [4.78, 5) is 1.76. The van der Waals surface area contributed by atoms with E-state index in [2.05, 4.69) is 0 Å². The molecule has 1 unspecified atom stereocenters. The van der Waals surface area contributed by atoms with E-state index in [1.54, 1.807) is 4.90 Å². The van der Waals surface area contributed by atoms with Gasteiger partial charge in [0.25, 0.3) is 0 Å². The van der Waals surface area contributed by atoms with Crippen LogP contribution >= 0.6 is 0 Å². The molecule has 2 aliphatic carbocycles. The average molecular weight is 276 g/mol. The minimum absolute atomic E-state index is 0.0389. The van der Waals surface area contributed by atoms with Crippen LogP contribution in [0, 0.1) is 5.92 Å². The van der Waals surface area contributed by atoms with Crippen molar-refractivity contribution >= 4 is 0 Å². The second-order valence-corrected chi connectivity index (χ2v) is 6.66. The average Bonchev–Trinajstić information content (AvgIpc) is 2.54. The molecule has 0 aromatic heterocycles. The summed E-state index contributed by atoms with van der Waals surface area (Å²) in [5.74, 6) is 0.963. The summed E-state index contributed by atoms with van der Waals surface area (Å²) in [6, 6.07) is 5.96. The minimum Gasteiger partial charge on any atom is -0.497 e. The fraction of sp³-hybridized carbons (Fsp3) is 0.667. The van der Waals surface area contributed by atoms with Gasteiger partial charge in [0.05, 0.1) is 9.80 Å². The van der Waals surface area contributed by atoms with Gasteiger partial charge in [-0.1, -0.05) is 18.9 Å². The lowest BCUT2D eigenvalue weighted by molar-refractivity contribution is 0.00274. The predicted molar refractivity (Wildman–Crippen MR) is 81.4 cm³/mol. The first-order valence-corrected chi connectivity index (χ1v) is 7.73. The van der Waals surface area contributed by atoms with Crippen LogP contribution in [0.5, 0.6) is 5.75 Å². The maximum absolute atomic E-state index is 7.95. The molecule has 1 aliphatic heterocycles. The number of hydrogen-bond acceptors (Lipinski definition) is 2. The molecule has 1 saturated heterocycles. The maximum atomic E-state index is 7.95. The van der Waals surface area contributed by atoms with E-state index in [0.717, 1.165) is 25.7 Å². The van der Waals surface area contributed by atoms with Crippen molar-refractivity contribution in [2.75, 3.05) is 20.6 Å². The molecule has 3 atom stereocenters. The predicted octanol–water partition coefficient (Wildman–Crippen LogP) is 3.38. The Labute approximate surface area is 129 Å². The maximum Gasteiger partial charge on any atom is 0.119 e. The van der Waals surface area contributed by atoms with Crippen molar-refractivity contribution < 1.29 is 11.6 Å². The van der Waals surface area contributed by atoms with Gasteiger partial charge in [-0.3, -0.25) is 0 Å². The summed E-state index contributed by atoms with van der Waals surface area (Å²) in [6.45, 7) is -1.42. The van der Waals surface area contributed by atoms with Crippen LogP contribution < -0.4 is 4.74 Å². The third kappa shape index (κ3) is 1.60. The van der Waals surface area contributed by atoms with Crippen molar-refractivity contribution in [1.29, 1.82) is 0 Å². The molecule has 1 aromatic rings. The second kappa shape index (κ2) is 4.49. The molecule has 2 nitrogen and oxygen atoms in total. The smallest absolute Gasteiger partial charge is 0.119 e. The number of likely N-dealkylation sites (N-methyl/N-ethyl adjacent to an activating group) is 1. The van der Waals surface area contributed by atoms with Crippen LogP contribution in [0.1, 0.15) is 50.1 Å². The third-order valence-corrected chi connectivity index (χ3v) is 5.94. The Balaban J connectivity index is 1.79. The first-order valence-electron chi connectivity index (χ1n) is 10.4. The van der Waals surface area contributed by atoms with E-state index in [1.165, 1.54) is 24.0 Å². The van der Waals surface area contributed by atoms with Gasteiger partial charge in [0.15, 0.2) is 0 Å². The fourth-order valence-corrected chi connectivity index (χ4v) is 5.06. The lowest BCUT2D eigenvalue weighted by Gasteiger charge is -2.58. The Kier molecular flexibility index (Phi) is 1.89. The molecule has 1 aromatic carbocycles. The van der Waals surface area contributed by atoms with E-state index in [9.17, 15) is 0 Å². The van der Waals surface area contributed by atoms with Crippen LogP contribution in [0.3, 0.4) is 0 Å². The zero-order chi connectivity index (χ0) is 17.8. The molecule has 1 heterocycles. The van der Waals surface area contributed by atoms with Crippen molar-refractivity contribution in [3.63, 3.8) is 0 Å². The summed E-state index contributed by atoms with van der Waals surface area (Å²) in [6.07, 6.45) is 6.18. The highest BCUT2D eigenvalue weighted by molar-refractivity contribution is 5.45. The minimum atomic E-state index is -2.03. The van der Waals surface area contributed by atoms with Crippen molar-refractivity contribution in [3.05, 3.63) is 29.3 Å². The van der Waals surface area contributed by atoms with Crippen LogP contribution in [0.25, 0.3) is 0 Å². The van der Waals surface area contributed by atoms with E-state index >= 15 is 0 Å². The van der Waals surface area contributed by atoms with Gasteiger partial charge in [-0.05, 0) is 68.4 Å². The summed E-state index contributed by atoms with van der Waals surface area (Å²) in [5, 5.41) is 0. The molecule has 0 radical (unpaired) electrons. The van der Waals surface area contributed by atoms with E-state index in [4.69, 9.17) is 11.6 Å². The number of rotatable bonds is 1. The fourth-order valence-electron chi connectivity index (χ4n) is 5.06. The van der Waals surface area contributed by atoms with Crippen molar-refractivity contribution in [1.82, 2.24) is 4.90 Å². The highest BCUT2D eigenvalue weighted by Gasteiger charge is 2.53. The van der Waals surface area contributed by atoms with Crippen LogP contribution in [-0.4, -0.2) is 31.5 Å². The summed E-state index contributed by atoms with van der Waals surface area (Å²) in [7, 11) is -1.33. The number of nitrogens with zero attached hydrogens (tertiary/aromatic N) is 1. The van der Waals surface area contributed by atoms with Crippen LogP contribution in [0.2, 0.25) is 0 Å². The number of ether oxygens (including phenoxy) is 1.